The zero-order valence-electron chi connectivity index (χ0n) is 17.5. The molecule has 0 unspecified atom stereocenters. The smallest absolute Gasteiger partial charge is 0.329 e. The largest absolute Gasteiger partial charge is 0.497 e. The van der Waals surface area contributed by atoms with Crippen molar-refractivity contribution in [2.45, 2.75) is 25.3 Å². The molecule has 166 valence electrons. The van der Waals surface area contributed by atoms with Crippen LogP contribution in [0.2, 0.25) is 5.02 Å². The van der Waals surface area contributed by atoms with Gasteiger partial charge in [-0.15, -0.1) is 0 Å². The number of methoxy groups -OCH3 is 1. The van der Waals surface area contributed by atoms with Gasteiger partial charge in [-0.05, 0) is 60.9 Å². The van der Waals surface area contributed by atoms with Gasteiger partial charge in [-0.3, -0.25) is 9.59 Å². The normalized spacial score (nSPS) is 15.8. The number of amides is 4. The Morgan fingerprint density at radius 3 is 2.72 bits per heavy atom. The van der Waals surface area contributed by atoms with Crippen molar-refractivity contribution in [1.82, 2.24) is 15.6 Å². The monoisotopic (exact) mass is 454 g/mol. The molecule has 0 spiro atoms. The number of nitrogens with one attached hydrogen (secondary N) is 3. The van der Waals surface area contributed by atoms with Crippen molar-refractivity contribution in [3.05, 3.63) is 59.2 Å². The summed E-state index contributed by atoms with van der Waals surface area (Å²) in [5.41, 5.74) is 2.52. The quantitative estimate of drug-likeness (QED) is 0.454. The molecular formula is C23H23ClN4O4. The number of carbonyl (C=O) groups is 3. The average molecular weight is 455 g/mol. The van der Waals surface area contributed by atoms with Gasteiger partial charge in [-0.1, -0.05) is 11.6 Å². The number of ether oxygens (including phenoxy) is 1. The van der Waals surface area contributed by atoms with Gasteiger partial charge >= 0.3 is 6.03 Å². The number of rotatable bonds is 8. The van der Waals surface area contributed by atoms with Crippen molar-refractivity contribution < 1.29 is 19.1 Å². The highest BCUT2D eigenvalue weighted by Crippen LogP contribution is 2.24. The molecule has 1 aliphatic rings. The third-order valence-corrected chi connectivity index (χ3v) is 5.69. The molecule has 2 aromatic carbocycles. The van der Waals surface area contributed by atoms with E-state index < -0.39 is 12.1 Å². The lowest BCUT2D eigenvalue weighted by Gasteiger charge is -2.13. The Kier molecular flexibility index (Phi) is 6.32. The lowest BCUT2D eigenvalue weighted by atomic mass is 10.1. The molecule has 32 heavy (non-hydrogen) atoms. The van der Waals surface area contributed by atoms with Crippen LogP contribution in [0.25, 0.3) is 10.9 Å². The number of imide groups is 1. The molecule has 0 saturated carbocycles. The second-order valence-electron chi connectivity index (χ2n) is 7.52. The van der Waals surface area contributed by atoms with E-state index in [-0.39, 0.29) is 24.7 Å². The maximum atomic E-state index is 12.7. The van der Waals surface area contributed by atoms with Crippen LogP contribution in [0, 0.1) is 0 Å². The Hall–Kier alpha value is -3.52. The Morgan fingerprint density at radius 2 is 1.97 bits per heavy atom. The number of hydrogen-bond acceptors (Lipinski definition) is 4. The molecule has 4 rings (SSSR count). The maximum absolute atomic E-state index is 12.7. The van der Waals surface area contributed by atoms with Crippen molar-refractivity contribution in [1.29, 1.82) is 0 Å². The number of halogens is 1. The molecule has 0 radical (unpaired) electrons. The van der Waals surface area contributed by atoms with Gasteiger partial charge in [0.1, 0.15) is 11.8 Å². The molecule has 2 heterocycles. The van der Waals surface area contributed by atoms with Crippen LogP contribution in [0.15, 0.2) is 48.7 Å². The van der Waals surface area contributed by atoms with E-state index in [1.165, 1.54) is 0 Å². The third-order valence-electron chi connectivity index (χ3n) is 5.46. The molecule has 1 atom stereocenters. The predicted molar refractivity (Wildman–Crippen MR) is 122 cm³/mol. The van der Waals surface area contributed by atoms with Crippen LogP contribution in [-0.2, 0) is 16.0 Å². The molecule has 1 fully saturated rings. The minimum absolute atomic E-state index is 0.132. The summed E-state index contributed by atoms with van der Waals surface area (Å²) in [6.07, 6.45) is 2.92. The Bertz CT molecular complexity index is 1160. The summed E-state index contributed by atoms with van der Waals surface area (Å²) in [6, 6.07) is 11.1. The van der Waals surface area contributed by atoms with E-state index >= 15 is 0 Å². The summed E-state index contributed by atoms with van der Waals surface area (Å²) < 4.78 is 5.10. The number of fused-ring (bicyclic) bond motifs is 1. The minimum atomic E-state index is -0.730. The molecule has 0 bridgehead atoms. The average Bonchev–Trinajstić information content (AvgIpc) is 3.31. The van der Waals surface area contributed by atoms with Gasteiger partial charge in [0.15, 0.2) is 0 Å². The van der Waals surface area contributed by atoms with Gasteiger partial charge in [-0.2, -0.15) is 0 Å². The first-order valence-corrected chi connectivity index (χ1v) is 10.6. The third kappa shape index (κ3) is 4.55. The fraction of sp³-hybridized carbons (Fsp3) is 0.261. The summed E-state index contributed by atoms with van der Waals surface area (Å²) in [5, 5.41) is 7.21. The standard InChI is InChI=1S/C23H23ClN4O4/c1-32-17-5-3-16(4-6-17)28-22(30)20(27-23(28)31)8-9-21(29)25-11-10-14-13-26-19-7-2-15(24)12-18(14)19/h2-7,12-13,20,26H,8-11H2,1H3,(H,25,29)(H,27,31)/t20-/m0/s1. The van der Waals surface area contributed by atoms with Gasteiger partial charge in [0, 0.05) is 35.1 Å². The topological polar surface area (TPSA) is 104 Å². The minimum Gasteiger partial charge on any atom is -0.497 e. The van der Waals surface area contributed by atoms with Gasteiger partial charge in [-0.25, -0.2) is 9.69 Å². The number of H-pyrrole nitrogens is 1. The van der Waals surface area contributed by atoms with E-state index in [0.29, 0.717) is 29.4 Å². The lowest BCUT2D eigenvalue weighted by molar-refractivity contribution is -0.121. The number of nitrogens with zero attached hydrogens (tertiary/aromatic N) is 1. The summed E-state index contributed by atoms with van der Waals surface area (Å²) in [6.45, 7) is 0.460. The summed E-state index contributed by atoms with van der Waals surface area (Å²) >= 11 is 6.07. The highest BCUT2D eigenvalue weighted by atomic mass is 35.5. The number of anilines is 1. The van der Waals surface area contributed by atoms with Crippen molar-refractivity contribution >= 4 is 46.0 Å². The molecule has 8 nitrogen and oxygen atoms in total. The van der Waals surface area contributed by atoms with E-state index in [1.807, 2.05) is 24.4 Å². The number of urea groups is 1. The van der Waals surface area contributed by atoms with Gasteiger partial charge in [0.05, 0.1) is 12.8 Å². The van der Waals surface area contributed by atoms with E-state index in [1.54, 1.807) is 31.4 Å². The van der Waals surface area contributed by atoms with E-state index in [9.17, 15) is 14.4 Å². The molecule has 1 saturated heterocycles. The lowest BCUT2D eigenvalue weighted by Crippen LogP contribution is -2.33. The zero-order valence-corrected chi connectivity index (χ0v) is 18.2. The first-order valence-electron chi connectivity index (χ1n) is 10.3. The van der Waals surface area contributed by atoms with Crippen molar-refractivity contribution in [2.24, 2.45) is 0 Å². The van der Waals surface area contributed by atoms with Crippen LogP contribution in [0.3, 0.4) is 0 Å². The molecule has 3 aromatic rings. The van der Waals surface area contributed by atoms with Crippen LogP contribution >= 0.6 is 11.6 Å². The molecule has 0 aliphatic carbocycles. The van der Waals surface area contributed by atoms with E-state index in [4.69, 9.17) is 16.3 Å². The molecular weight excluding hydrogens is 432 g/mol. The van der Waals surface area contributed by atoms with Crippen LogP contribution in [0.5, 0.6) is 5.75 Å². The summed E-state index contributed by atoms with van der Waals surface area (Å²) in [7, 11) is 1.54. The van der Waals surface area contributed by atoms with Crippen LogP contribution in [0.4, 0.5) is 10.5 Å². The van der Waals surface area contributed by atoms with Crippen LogP contribution in [0.1, 0.15) is 18.4 Å². The number of aromatic nitrogens is 1. The summed E-state index contributed by atoms with van der Waals surface area (Å²) in [4.78, 5) is 41.5. The van der Waals surface area contributed by atoms with E-state index in [0.717, 1.165) is 21.4 Å². The Morgan fingerprint density at radius 1 is 1.19 bits per heavy atom. The van der Waals surface area contributed by atoms with Crippen molar-refractivity contribution in [3.63, 3.8) is 0 Å². The SMILES string of the molecule is COc1ccc(N2C(=O)N[C@@H](CCC(=O)NCCc3c[nH]c4ccc(Cl)cc34)C2=O)cc1. The fourth-order valence-electron chi connectivity index (χ4n) is 3.76. The van der Waals surface area contributed by atoms with E-state index in [2.05, 4.69) is 15.6 Å². The van der Waals surface area contributed by atoms with Gasteiger partial charge in [0.25, 0.3) is 5.91 Å². The first kappa shape index (κ1) is 21.7. The van der Waals surface area contributed by atoms with Crippen molar-refractivity contribution in [2.75, 3.05) is 18.6 Å². The second kappa shape index (κ2) is 9.32. The van der Waals surface area contributed by atoms with Gasteiger partial charge in [0.2, 0.25) is 5.91 Å². The van der Waals surface area contributed by atoms with Crippen LogP contribution in [-0.4, -0.2) is 42.5 Å². The predicted octanol–water partition coefficient (Wildman–Crippen LogP) is 3.39. The molecule has 3 N–H and O–H groups in total. The maximum Gasteiger partial charge on any atom is 0.329 e. The zero-order chi connectivity index (χ0) is 22.7. The fourth-order valence-corrected chi connectivity index (χ4v) is 3.93. The highest BCUT2D eigenvalue weighted by Gasteiger charge is 2.38. The molecule has 1 aliphatic heterocycles. The number of benzene rings is 2. The second-order valence-corrected chi connectivity index (χ2v) is 7.95. The molecule has 9 heteroatoms. The summed E-state index contributed by atoms with van der Waals surface area (Å²) in [5.74, 6) is 0.0845. The first-order chi connectivity index (χ1) is 15.5. The molecule has 1 aromatic heterocycles. The Labute approximate surface area is 189 Å². The van der Waals surface area contributed by atoms with Gasteiger partial charge < -0.3 is 20.4 Å². The molecule has 4 amide bonds. The van der Waals surface area contributed by atoms with Crippen molar-refractivity contribution in [3.8, 4) is 5.75 Å². The number of aromatic amines is 1. The number of carbonyl (C=O) groups excluding carboxylic acids is 3. The highest BCUT2D eigenvalue weighted by molar-refractivity contribution is 6.31. The Balaban J connectivity index is 1.26. The van der Waals surface area contributed by atoms with Crippen LogP contribution < -0.4 is 20.3 Å². The number of hydrogen-bond donors (Lipinski definition) is 3.